The average Bonchev–Trinajstić information content (AvgIpc) is 3.33. The summed E-state index contributed by atoms with van der Waals surface area (Å²) in [5.41, 5.74) is 1.55. The van der Waals surface area contributed by atoms with Crippen LogP contribution < -0.4 is 0 Å². The van der Waals surface area contributed by atoms with Crippen molar-refractivity contribution in [3.8, 4) is 0 Å². The number of hydrogen-bond donors (Lipinski definition) is 1. The molecule has 0 aromatic carbocycles. The molecule has 45 heavy (non-hydrogen) atoms. The quantitative estimate of drug-likeness (QED) is 0.128. The number of allylic oxidation sites excluding steroid dienone is 1. The number of Topliss-reactive ketones (excluding diaryl/α,β-unsaturated/α-hetero) is 1. The van der Waals surface area contributed by atoms with Crippen LogP contribution in [-0.2, 0) is 23.9 Å². The zero-order valence-corrected chi connectivity index (χ0v) is 29.0. The zero-order chi connectivity index (χ0) is 32.8. The number of hydrogen-bond acceptors (Lipinski definition) is 5. The highest BCUT2D eigenvalue weighted by atomic mass is 16.5. The van der Waals surface area contributed by atoms with Crippen molar-refractivity contribution in [2.24, 2.45) is 46.3 Å². The molecule has 4 rings (SSSR count). The molecule has 3 fully saturated rings. The predicted molar refractivity (Wildman–Crippen MR) is 178 cm³/mol. The summed E-state index contributed by atoms with van der Waals surface area (Å²) in [6.07, 6.45) is 18.5. The van der Waals surface area contributed by atoms with Crippen LogP contribution in [0.5, 0.6) is 0 Å². The van der Waals surface area contributed by atoms with E-state index >= 15 is 0 Å². The molecule has 0 aromatic rings. The molecule has 6 heteroatoms. The Balaban J connectivity index is 1.23. The fourth-order valence-electron chi connectivity index (χ4n) is 10.2. The lowest BCUT2D eigenvalue weighted by Gasteiger charge is -2.57. The number of carboxylic acids is 1. The Kier molecular flexibility index (Phi) is 12.5. The minimum absolute atomic E-state index is 0.0153. The van der Waals surface area contributed by atoms with E-state index in [0.717, 1.165) is 69.1 Å². The van der Waals surface area contributed by atoms with Gasteiger partial charge in [-0.2, -0.15) is 0 Å². The summed E-state index contributed by atoms with van der Waals surface area (Å²) in [4.78, 5) is 48.8. The van der Waals surface area contributed by atoms with E-state index in [4.69, 9.17) is 9.84 Å². The number of rotatable bonds is 17. The van der Waals surface area contributed by atoms with Crippen LogP contribution in [0.1, 0.15) is 157 Å². The van der Waals surface area contributed by atoms with Crippen LogP contribution in [0.3, 0.4) is 0 Å². The van der Waals surface area contributed by atoms with E-state index in [-0.39, 0.29) is 47.4 Å². The Bertz CT molecular complexity index is 1090. The number of fused-ring (bicyclic) bond motifs is 5. The smallest absolute Gasteiger partial charge is 0.306 e. The first-order valence-corrected chi connectivity index (χ1v) is 18.5. The molecule has 0 amide bonds. The van der Waals surface area contributed by atoms with E-state index in [0.29, 0.717) is 36.9 Å². The Hall–Kier alpha value is -1.98. The van der Waals surface area contributed by atoms with Crippen molar-refractivity contribution in [2.45, 2.75) is 163 Å². The third kappa shape index (κ3) is 8.69. The number of carbonyl (C=O) groups excluding carboxylic acids is 3. The molecule has 0 radical (unpaired) electrons. The molecule has 0 spiro atoms. The topological polar surface area (TPSA) is 97.7 Å². The standard InChI is InChI=1S/C39H62O6/c1-26(2)12-11-13-27(3)31-17-18-32-37-33(21-23-39(31,32)5)38(4)22-20-30(24-28(38)25-34(37)41)45-36(44)15-10-8-6-7-9-14-29(40)16-19-35(42)43/h25-27,30-33,37H,6-24H2,1-5H3,(H,42,43). The molecule has 0 heterocycles. The van der Waals surface area contributed by atoms with Crippen molar-refractivity contribution in [2.75, 3.05) is 0 Å². The molecular formula is C39H62O6. The van der Waals surface area contributed by atoms with Gasteiger partial charge in [0.15, 0.2) is 5.78 Å². The first-order chi connectivity index (χ1) is 21.3. The molecule has 0 bridgehead atoms. The van der Waals surface area contributed by atoms with Crippen molar-refractivity contribution < 1.29 is 29.0 Å². The Labute approximate surface area is 272 Å². The molecule has 1 N–H and O–H groups in total. The molecule has 3 saturated carbocycles. The predicted octanol–water partition coefficient (Wildman–Crippen LogP) is 9.28. The first-order valence-electron chi connectivity index (χ1n) is 18.5. The highest BCUT2D eigenvalue weighted by Gasteiger charge is 2.61. The first kappa shape index (κ1) is 35.9. The number of esters is 1. The summed E-state index contributed by atoms with van der Waals surface area (Å²) in [6.45, 7) is 12.1. The summed E-state index contributed by atoms with van der Waals surface area (Å²) >= 11 is 0. The lowest BCUT2D eigenvalue weighted by atomic mass is 9.46. The Morgan fingerprint density at radius 1 is 0.844 bits per heavy atom. The second kappa shape index (κ2) is 15.7. The molecular weight excluding hydrogens is 564 g/mol. The zero-order valence-electron chi connectivity index (χ0n) is 29.0. The van der Waals surface area contributed by atoms with Gasteiger partial charge < -0.3 is 9.84 Å². The van der Waals surface area contributed by atoms with Gasteiger partial charge in [0.2, 0.25) is 0 Å². The lowest BCUT2D eigenvalue weighted by Crippen LogP contribution is -2.53. The molecule has 0 aromatic heterocycles. The third-order valence-corrected chi connectivity index (χ3v) is 12.9. The van der Waals surface area contributed by atoms with E-state index in [9.17, 15) is 19.2 Å². The monoisotopic (exact) mass is 626 g/mol. The average molecular weight is 627 g/mol. The van der Waals surface area contributed by atoms with E-state index in [1.54, 1.807) is 0 Å². The van der Waals surface area contributed by atoms with Crippen LogP contribution in [0.15, 0.2) is 11.6 Å². The second-order valence-corrected chi connectivity index (χ2v) is 16.3. The van der Waals surface area contributed by atoms with Crippen LogP contribution in [0.4, 0.5) is 0 Å². The van der Waals surface area contributed by atoms with Crippen LogP contribution in [0.2, 0.25) is 0 Å². The second-order valence-electron chi connectivity index (χ2n) is 16.3. The van der Waals surface area contributed by atoms with Gasteiger partial charge >= 0.3 is 11.9 Å². The van der Waals surface area contributed by atoms with E-state index in [2.05, 4.69) is 34.6 Å². The van der Waals surface area contributed by atoms with Crippen LogP contribution in [-0.4, -0.2) is 34.7 Å². The molecule has 4 aliphatic carbocycles. The number of ether oxygens (including phenoxy) is 1. The highest BCUT2D eigenvalue weighted by molar-refractivity contribution is 5.94. The number of unbranched alkanes of at least 4 members (excludes halogenated alkanes) is 4. The number of aliphatic carboxylic acids is 1. The Morgan fingerprint density at radius 2 is 1.56 bits per heavy atom. The molecule has 8 unspecified atom stereocenters. The van der Waals surface area contributed by atoms with Gasteiger partial charge in [0.25, 0.3) is 0 Å². The molecule has 6 nitrogen and oxygen atoms in total. The number of ketones is 2. The van der Waals surface area contributed by atoms with Gasteiger partial charge in [-0.1, -0.05) is 78.7 Å². The van der Waals surface area contributed by atoms with Crippen LogP contribution in [0.25, 0.3) is 0 Å². The third-order valence-electron chi connectivity index (χ3n) is 12.9. The summed E-state index contributed by atoms with van der Waals surface area (Å²) in [6, 6.07) is 0. The van der Waals surface area contributed by atoms with Crippen molar-refractivity contribution in [1.29, 1.82) is 0 Å². The molecule has 0 saturated heterocycles. The summed E-state index contributed by atoms with van der Waals surface area (Å²) in [5, 5.41) is 8.67. The van der Waals surface area contributed by atoms with Crippen molar-refractivity contribution >= 4 is 23.5 Å². The van der Waals surface area contributed by atoms with Crippen molar-refractivity contribution in [3.05, 3.63) is 11.6 Å². The van der Waals surface area contributed by atoms with Gasteiger partial charge in [-0.25, -0.2) is 0 Å². The van der Waals surface area contributed by atoms with Gasteiger partial charge in [0.1, 0.15) is 11.9 Å². The van der Waals surface area contributed by atoms with Gasteiger partial charge in [0.05, 0.1) is 6.42 Å². The summed E-state index contributed by atoms with van der Waals surface area (Å²) < 4.78 is 5.95. The lowest BCUT2D eigenvalue weighted by molar-refractivity contribution is -0.152. The Morgan fingerprint density at radius 3 is 2.27 bits per heavy atom. The molecule has 4 aliphatic rings. The molecule has 0 aliphatic heterocycles. The molecule has 8 atom stereocenters. The van der Waals surface area contributed by atoms with Crippen LogP contribution in [0, 0.1) is 46.3 Å². The highest BCUT2D eigenvalue weighted by Crippen LogP contribution is 2.66. The van der Waals surface area contributed by atoms with Gasteiger partial charge in [-0.15, -0.1) is 0 Å². The van der Waals surface area contributed by atoms with Gasteiger partial charge in [0, 0.05) is 31.6 Å². The van der Waals surface area contributed by atoms with Gasteiger partial charge in [-0.3, -0.25) is 19.2 Å². The number of carbonyl (C=O) groups is 4. The van der Waals surface area contributed by atoms with Crippen molar-refractivity contribution in [3.63, 3.8) is 0 Å². The fraction of sp³-hybridized carbons (Fsp3) is 0.846. The van der Waals surface area contributed by atoms with Gasteiger partial charge in [-0.05, 0) is 97.9 Å². The minimum atomic E-state index is -0.929. The fourth-order valence-corrected chi connectivity index (χ4v) is 10.2. The van der Waals surface area contributed by atoms with Crippen LogP contribution >= 0.6 is 0 Å². The SMILES string of the molecule is CC(C)CCCC(C)C1CCC2C3C(=O)C=C4CC(OC(=O)CCCCCCCC(=O)CCC(=O)O)CCC4(C)C3CCC12C. The van der Waals surface area contributed by atoms with E-state index in [1.165, 1.54) is 44.1 Å². The van der Waals surface area contributed by atoms with Crippen molar-refractivity contribution in [1.82, 2.24) is 0 Å². The maximum Gasteiger partial charge on any atom is 0.306 e. The number of carboxylic acid groups (broad SMARTS) is 1. The molecule has 254 valence electrons. The summed E-state index contributed by atoms with van der Waals surface area (Å²) in [7, 11) is 0. The minimum Gasteiger partial charge on any atom is -0.481 e. The van der Waals surface area contributed by atoms with E-state index < -0.39 is 5.97 Å². The largest absolute Gasteiger partial charge is 0.481 e. The normalized spacial score (nSPS) is 33.2. The van der Waals surface area contributed by atoms with E-state index in [1.807, 2.05) is 6.08 Å². The maximum atomic E-state index is 13.9. The maximum absolute atomic E-state index is 13.9. The summed E-state index contributed by atoms with van der Waals surface area (Å²) in [5.74, 6) is 2.62.